The smallest absolute Gasteiger partial charge is 0.229 e. The van der Waals surface area contributed by atoms with Gasteiger partial charge in [-0.05, 0) is 73.4 Å². The Morgan fingerprint density at radius 1 is 0.976 bits per heavy atom. The Labute approximate surface area is 251 Å². The van der Waals surface area contributed by atoms with Crippen LogP contribution in [0.5, 0.6) is 5.75 Å². The van der Waals surface area contributed by atoms with Crippen LogP contribution in [0.25, 0.3) is 16.5 Å². The summed E-state index contributed by atoms with van der Waals surface area (Å²) in [7, 11) is -1.98. The number of aryl methyl sites for hydroxylation is 1. The lowest BCUT2D eigenvalue weighted by atomic mass is 9.96. The van der Waals surface area contributed by atoms with E-state index in [2.05, 4.69) is 86.9 Å². The summed E-state index contributed by atoms with van der Waals surface area (Å²) in [6.07, 6.45) is 2.90. The minimum atomic E-state index is -3.49. The highest BCUT2D eigenvalue weighted by Crippen LogP contribution is 2.45. The number of ether oxygens (including phenoxy) is 1. The van der Waals surface area contributed by atoms with Crippen molar-refractivity contribution in [1.29, 1.82) is 0 Å². The monoisotopic (exact) mass is 597 g/mol. The van der Waals surface area contributed by atoms with Crippen molar-refractivity contribution in [2.24, 2.45) is 0 Å². The highest BCUT2D eigenvalue weighted by Gasteiger charge is 2.42. The maximum Gasteiger partial charge on any atom is 0.229 e. The second-order valence-electron chi connectivity index (χ2n) is 10.4. The van der Waals surface area contributed by atoms with Gasteiger partial charge in [0.15, 0.2) is 5.11 Å². The van der Waals surface area contributed by atoms with Crippen LogP contribution in [-0.4, -0.2) is 36.4 Å². The average molecular weight is 598 g/mol. The molecule has 1 saturated heterocycles. The zero-order chi connectivity index (χ0) is 29.6. The van der Waals surface area contributed by atoms with Crippen LogP contribution in [0.3, 0.4) is 0 Å². The summed E-state index contributed by atoms with van der Waals surface area (Å²) < 4.78 is 34.3. The van der Waals surface area contributed by atoms with E-state index in [1.807, 2.05) is 24.3 Å². The van der Waals surface area contributed by atoms with E-state index in [-0.39, 0.29) is 12.1 Å². The Bertz CT molecular complexity index is 1920. The Morgan fingerprint density at radius 2 is 1.74 bits per heavy atom. The number of hydrogen-bond donors (Lipinski definition) is 2. The molecule has 0 amide bonds. The van der Waals surface area contributed by atoms with E-state index in [1.165, 1.54) is 17.9 Å². The molecule has 8 nitrogen and oxygen atoms in total. The predicted molar refractivity (Wildman–Crippen MR) is 172 cm³/mol. The molecule has 0 unspecified atom stereocenters. The van der Waals surface area contributed by atoms with E-state index in [0.717, 1.165) is 40.3 Å². The predicted octanol–water partition coefficient (Wildman–Crippen LogP) is 6.20. The van der Waals surface area contributed by atoms with Crippen molar-refractivity contribution in [3.8, 4) is 11.4 Å². The number of benzene rings is 3. The first kappa shape index (κ1) is 27.7. The van der Waals surface area contributed by atoms with Crippen molar-refractivity contribution in [3.63, 3.8) is 0 Å². The van der Waals surface area contributed by atoms with E-state index in [0.29, 0.717) is 16.5 Å². The van der Waals surface area contributed by atoms with Crippen molar-refractivity contribution < 1.29 is 13.2 Å². The van der Waals surface area contributed by atoms with Crippen LogP contribution in [0.15, 0.2) is 91.1 Å². The highest BCUT2D eigenvalue weighted by atomic mass is 32.2. The highest BCUT2D eigenvalue weighted by molar-refractivity contribution is 7.92. The third-order valence-corrected chi connectivity index (χ3v) is 8.56. The molecule has 0 bridgehead atoms. The Kier molecular flexibility index (Phi) is 7.12. The summed E-state index contributed by atoms with van der Waals surface area (Å²) in [4.78, 5) is 6.75. The van der Waals surface area contributed by atoms with Gasteiger partial charge in [-0.25, -0.2) is 8.42 Å². The summed E-state index contributed by atoms with van der Waals surface area (Å²) in [5.41, 5.74) is 6.39. The molecule has 0 saturated carbocycles. The second kappa shape index (κ2) is 10.8. The quantitative estimate of drug-likeness (QED) is 0.216. The summed E-state index contributed by atoms with van der Waals surface area (Å²) >= 11 is 5.94. The van der Waals surface area contributed by atoms with Gasteiger partial charge in [0, 0.05) is 34.7 Å². The molecule has 10 heteroatoms. The van der Waals surface area contributed by atoms with Crippen molar-refractivity contribution in [2.45, 2.75) is 25.9 Å². The number of hydrogen-bond acceptors (Lipinski definition) is 5. The zero-order valence-corrected chi connectivity index (χ0v) is 25.3. The summed E-state index contributed by atoms with van der Waals surface area (Å²) in [6, 6.07) is 27.7. The number of fused-ring (bicyclic) bond motifs is 1. The van der Waals surface area contributed by atoms with Crippen molar-refractivity contribution in [1.82, 2.24) is 14.9 Å². The lowest BCUT2D eigenvalue weighted by Crippen LogP contribution is -2.29. The zero-order valence-electron chi connectivity index (χ0n) is 23.7. The molecule has 1 aliphatic rings. The maximum absolute atomic E-state index is 12.0. The molecule has 2 N–H and O–H groups in total. The maximum atomic E-state index is 12.0. The fourth-order valence-corrected chi connectivity index (χ4v) is 6.84. The van der Waals surface area contributed by atoms with Gasteiger partial charge in [-0.1, -0.05) is 42.5 Å². The van der Waals surface area contributed by atoms with Gasteiger partial charge in [0.1, 0.15) is 5.75 Å². The summed E-state index contributed by atoms with van der Waals surface area (Å²) in [5.74, 6) is 0.391. The van der Waals surface area contributed by atoms with Crippen molar-refractivity contribution in [2.75, 3.05) is 23.0 Å². The van der Waals surface area contributed by atoms with Crippen LogP contribution in [0.2, 0.25) is 0 Å². The minimum Gasteiger partial charge on any atom is -0.494 e. The van der Waals surface area contributed by atoms with E-state index >= 15 is 0 Å². The number of aromatic nitrogens is 2. The topological polar surface area (TPSA) is 88.5 Å². The summed E-state index contributed by atoms with van der Waals surface area (Å²) in [6.45, 7) is 4.26. The van der Waals surface area contributed by atoms with Crippen LogP contribution < -0.4 is 19.7 Å². The first-order valence-electron chi connectivity index (χ1n) is 13.5. The molecule has 6 rings (SSSR count). The number of anilines is 2. The fraction of sp³-hybridized carbons (Fsp3) is 0.188. The molecule has 1 fully saturated rings. The van der Waals surface area contributed by atoms with Gasteiger partial charge in [0.2, 0.25) is 10.0 Å². The molecular weight excluding hydrogens is 567 g/mol. The van der Waals surface area contributed by atoms with Gasteiger partial charge in [-0.15, -0.1) is 0 Å². The Hall–Kier alpha value is -4.41. The molecule has 3 aromatic carbocycles. The largest absolute Gasteiger partial charge is 0.494 e. The van der Waals surface area contributed by atoms with Gasteiger partial charge < -0.3 is 19.5 Å². The molecule has 0 spiro atoms. The van der Waals surface area contributed by atoms with Crippen LogP contribution in [0, 0.1) is 13.8 Å². The number of pyridine rings is 1. The molecule has 5 aromatic rings. The Morgan fingerprint density at radius 3 is 2.48 bits per heavy atom. The molecule has 214 valence electrons. The van der Waals surface area contributed by atoms with Gasteiger partial charge in [0.05, 0.1) is 42.5 Å². The standard InChI is InChI=1S/C32H31N5O3S2/c1-20-18-25(21(2)36(20)28-14-9-11-22-10-5-6-12-24(22)28)31-30(27-13-7-8-17-33-27)34-32(41)37(31)23-15-16-26(29(19-23)40-3)35-42(4,38)39/h5-19,30-31,35H,1-4H3,(H,34,41)/t30-,31-/m1/s1. The molecule has 0 radical (unpaired) electrons. The van der Waals surface area contributed by atoms with Gasteiger partial charge in [-0.2, -0.15) is 0 Å². The van der Waals surface area contributed by atoms with Gasteiger partial charge in [0.25, 0.3) is 0 Å². The lowest BCUT2D eigenvalue weighted by molar-refractivity contribution is 0.417. The minimum absolute atomic E-state index is 0.236. The average Bonchev–Trinajstić information content (AvgIpc) is 3.47. The number of thiocarbonyl (C=S) groups is 1. The number of rotatable bonds is 7. The second-order valence-corrected chi connectivity index (χ2v) is 12.6. The molecule has 1 aliphatic heterocycles. The number of sulfonamides is 1. The number of methoxy groups -OCH3 is 1. The third kappa shape index (κ3) is 4.97. The molecule has 2 atom stereocenters. The fourth-order valence-electron chi connectivity index (χ4n) is 5.92. The number of nitrogens with zero attached hydrogens (tertiary/aromatic N) is 3. The van der Waals surface area contributed by atoms with Crippen LogP contribution >= 0.6 is 12.2 Å². The molecule has 0 aliphatic carbocycles. The van der Waals surface area contributed by atoms with E-state index in [4.69, 9.17) is 17.0 Å². The van der Waals surface area contributed by atoms with Crippen molar-refractivity contribution in [3.05, 3.63) is 114 Å². The normalized spacial score (nSPS) is 17.0. The third-order valence-electron chi connectivity index (χ3n) is 7.65. The molecule has 2 aromatic heterocycles. The molecule has 3 heterocycles. The van der Waals surface area contributed by atoms with E-state index in [1.54, 1.807) is 18.3 Å². The van der Waals surface area contributed by atoms with Crippen LogP contribution in [-0.2, 0) is 10.0 Å². The van der Waals surface area contributed by atoms with Gasteiger partial charge in [-0.3, -0.25) is 9.71 Å². The van der Waals surface area contributed by atoms with Crippen LogP contribution in [0.1, 0.15) is 34.7 Å². The van der Waals surface area contributed by atoms with E-state index in [9.17, 15) is 8.42 Å². The first-order valence-corrected chi connectivity index (χ1v) is 15.8. The van der Waals surface area contributed by atoms with E-state index < -0.39 is 10.0 Å². The first-order chi connectivity index (χ1) is 20.2. The Balaban J connectivity index is 1.52. The van der Waals surface area contributed by atoms with Crippen molar-refractivity contribution >= 4 is 49.5 Å². The molecule has 42 heavy (non-hydrogen) atoms. The lowest BCUT2D eigenvalue weighted by Gasteiger charge is -2.29. The number of nitrogens with one attached hydrogen (secondary N) is 2. The summed E-state index contributed by atoms with van der Waals surface area (Å²) in [5, 5.41) is 6.40. The molecular formula is C32H31N5O3S2. The van der Waals surface area contributed by atoms with Gasteiger partial charge >= 0.3 is 0 Å². The SMILES string of the molecule is COc1cc(N2C(=S)N[C@H](c3ccccn3)[C@H]2c2cc(C)n(-c3cccc4ccccc34)c2C)ccc1NS(C)(=O)=O. The van der Waals surface area contributed by atoms with Crippen LogP contribution in [0.4, 0.5) is 11.4 Å².